The minimum Gasteiger partial charge on any atom is -0.489 e. The third-order valence-electron chi connectivity index (χ3n) is 4.58. The Kier molecular flexibility index (Phi) is 7.20. The van der Waals surface area contributed by atoms with E-state index in [4.69, 9.17) is 16.3 Å². The van der Waals surface area contributed by atoms with Crippen LogP contribution in [0.3, 0.4) is 0 Å². The van der Waals surface area contributed by atoms with Crippen LogP contribution in [-0.2, 0) is 21.4 Å². The van der Waals surface area contributed by atoms with Crippen LogP contribution < -0.4 is 14.4 Å². The Hall–Kier alpha value is -3.03. The zero-order valence-electron chi connectivity index (χ0n) is 17.2. The second-order valence-electron chi connectivity index (χ2n) is 7.00. The molecule has 0 unspecified atom stereocenters. The van der Waals surface area contributed by atoms with Gasteiger partial charge in [-0.25, -0.2) is 8.42 Å². The average molecular weight is 459 g/mol. The number of rotatable bonds is 8. The molecule has 0 radical (unpaired) electrons. The maximum Gasteiger partial charge on any atom is 0.245 e. The SMILES string of the molecule is Cc1c(Cl)cccc1N(CC(=O)Nc1ccc(OCc2ccccc2)cc1)S(C)(=O)=O. The van der Waals surface area contributed by atoms with Gasteiger partial charge in [0.25, 0.3) is 0 Å². The highest BCUT2D eigenvalue weighted by Crippen LogP contribution is 2.28. The topological polar surface area (TPSA) is 75.7 Å². The van der Waals surface area contributed by atoms with Gasteiger partial charge in [-0.05, 0) is 54.4 Å². The first-order valence-corrected chi connectivity index (χ1v) is 11.8. The molecule has 0 bridgehead atoms. The van der Waals surface area contributed by atoms with Gasteiger partial charge in [0.15, 0.2) is 0 Å². The third kappa shape index (κ3) is 6.23. The van der Waals surface area contributed by atoms with Crippen LogP contribution in [-0.4, -0.2) is 27.1 Å². The lowest BCUT2D eigenvalue weighted by Crippen LogP contribution is -2.37. The van der Waals surface area contributed by atoms with Gasteiger partial charge < -0.3 is 10.1 Å². The van der Waals surface area contributed by atoms with Gasteiger partial charge in [0.1, 0.15) is 18.9 Å². The number of amides is 1. The van der Waals surface area contributed by atoms with Crippen molar-refractivity contribution in [1.82, 2.24) is 0 Å². The fraction of sp³-hybridized carbons (Fsp3) is 0.174. The molecule has 0 aliphatic carbocycles. The molecule has 0 fully saturated rings. The van der Waals surface area contributed by atoms with Gasteiger partial charge in [0.2, 0.25) is 15.9 Å². The number of halogens is 1. The number of nitrogens with one attached hydrogen (secondary N) is 1. The number of carbonyl (C=O) groups excluding carboxylic acids is 1. The zero-order valence-corrected chi connectivity index (χ0v) is 18.8. The van der Waals surface area contributed by atoms with Gasteiger partial charge in [0, 0.05) is 10.7 Å². The predicted molar refractivity (Wildman–Crippen MR) is 124 cm³/mol. The summed E-state index contributed by atoms with van der Waals surface area (Å²) in [6.45, 7) is 1.78. The number of ether oxygens (including phenoxy) is 1. The molecule has 0 heterocycles. The number of nitrogens with zero attached hydrogens (tertiary/aromatic N) is 1. The number of anilines is 2. The van der Waals surface area contributed by atoms with Gasteiger partial charge in [-0.15, -0.1) is 0 Å². The van der Waals surface area contributed by atoms with Crippen molar-refractivity contribution in [2.45, 2.75) is 13.5 Å². The average Bonchev–Trinajstić information content (AvgIpc) is 2.74. The molecule has 6 nitrogen and oxygen atoms in total. The summed E-state index contributed by atoms with van der Waals surface area (Å²) in [6, 6.07) is 21.6. The van der Waals surface area contributed by atoms with Gasteiger partial charge in [-0.1, -0.05) is 48.0 Å². The fourth-order valence-electron chi connectivity index (χ4n) is 2.95. The van der Waals surface area contributed by atoms with Crippen LogP contribution in [0.1, 0.15) is 11.1 Å². The second kappa shape index (κ2) is 9.85. The molecule has 0 saturated heterocycles. The van der Waals surface area contributed by atoms with E-state index in [-0.39, 0.29) is 6.54 Å². The molecule has 1 N–H and O–H groups in total. The summed E-state index contributed by atoms with van der Waals surface area (Å²) < 4.78 is 31.4. The van der Waals surface area contributed by atoms with Gasteiger partial charge in [-0.3, -0.25) is 9.10 Å². The highest BCUT2D eigenvalue weighted by atomic mass is 35.5. The Bertz CT molecular complexity index is 1150. The maximum atomic E-state index is 12.6. The standard InChI is InChI=1S/C23H23ClN2O4S/c1-17-21(24)9-6-10-22(17)26(31(2,28)29)15-23(27)25-19-11-13-20(14-12-19)30-16-18-7-4-3-5-8-18/h3-14H,15-16H2,1-2H3,(H,25,27). The molecule has 0 saturated carbocycles. The molecular formula is C23H23ClN2O4S. The number of hydrogen-bond donors (Lipinski definition) is 1. The van der Waals surface area contributed by atoms with Gasteiger partial charge >= 0.3 is 0 Å². The lowest BCUT2D eigenvalue weighted by molar-refractivity contribution is -0.114. The Labute approximate surface area is 187 Å². The minimum atomic E-state index is -3.69. The molecule has 3 rings (SSSR count). The summed E-state index contributed by atoms with van der Waals surface area (Å²) in [5, 5.41) is 3.14. The maximum absolute atomic E-state index is 12.6. The molecule has 3 aromatic carbocycles. The molecule has 0 atom stereocenters. The summed E-state index contributed by atoms with van der Waals surface area (Å²) in [5.41, 5.74) is 2.54. The number of carbonyl (C=O) groups is 1. The Balaban J connectivity index is 1.65. The third-order valence-corrected chi connectivity index (χ3v) is 6.12. The monoisotopic (exact) mass is 458 g/mol. The zero-order chi connectivity index (χ0) is 22.4. The van der Waals surface area contributed by atoms with E-state index in [1.54, 1.807) is 49.4 Å². The van der Waals surface area contributed by atoms with Crippen molar-refractivity contribution < 1.29 is 17.9 Å². The Morgan fingerprint density at radius 1 is 1.00 bits per heavy atom. The van der Waals surface area contributed by atoms with E-state index in [0.717, 1.165) is 16.1 Å². The van der Waals surface area contributed by atoms with Gasteiger partial charge in [-0.2, -0.15) is 0 Å². The normalized spacial score (nSPS) is 11.1. The van der Waals surface area contributed by atoms with Crippen molar-refractivity contribution in [3.63, 3.8) is 0 Å². The molecule has 1 amide bonds. The van der Waals surface area contributed by atoms with E-state index in [1.165, 1.54) is 0 Å². The van der Waals surface area contributed by atoms with Crippen LogP contribution in [0.25, 0.3) is 0 Å². The summed E-state index contributed by atoms with van der Waals surface area (Å²) in [6.07, 6.45) is 1.06. The molecule has 0 aliphatic heterocycles. The minimum absolute atomic E-state index is 0.369. The van der Waals surface area contributed by atoms with Crippen LogP contribution in [0.4, 0.5) is 11.4 Å². The first-order valence-electron chi connectivity index (χ1n) is 9.53. The molecule has 0 aromatic heterocycles. The van der Waals surface area contributed by atoms with Crippen LogP contribution in [0.2, 0.25) is 5.02 Å². The molecule has 31 heavy (non-hydrogen) atoms. The summed E-state index contributed by atoms with van der Waals surface area (Å²) in [5.74, 6) is 0.192. The molecule has 0 spiro atoms. The van der Waals surface area contributed by atoms with E-state index in [0.29, 0.717) is 34.3 Å². The molecule has 162 valence electrons. The molecule has 0 aliphatic rings. The van der Waals surface area contributed by atoms with E-state index in [1.807, 2.05) is 30.3 Å². The van der Waals surface area contributed by atoms with E-state index >= 15 is 0 Å². The quantitative estimate of drug-likeness (QED) is 0.534. The van der Waals surface area contributed by atoms with E-state index < -0.39 is 15.9 Å². The number of benzene rings is 3. The van der Waals surface area contributed by atoms with Crippen molar-refractivity contribution in [3.05, 3.63) is 88.9 Å². The summed E-state index contributed by atoms with van der Waals surface area (Å²) in [4.78, 5) is 12.6. The lowest BCUT2D eigenvalue weighted by atomic mass is 10.2. The highest BCUT2D eigenvalue weighted by molar-refractivity contribution is 7.92. The van der Waals surface area contributed by atoms with Crippen molar-refractivity contribution in [2.24, 2.45) is 0 Å². The van der Waals surface area contributed by atoms with Crippen molar-refractivity contribution >= 4 is 38.9 Å². The second-order valence-corrected chi connectivity index (χ2v) is 9.31. The largest absolute Gasteiger partial charge is 0.489 e. The number of hydrogen-bond acceptors (Lipinski definition) is 4. The molecule has 8 heteroatoms. The van der Waals surface area contributed by atoms with E-state index in [9.17, 15) is 13.2 Å². The predicted octanol–water partition coefficient (Wildman–Crippen LogP) is 4.63. The Morgan fingerprint density at radius 3 is 2.32 bits per heavy atom. The number of sulfonamides is 1. The summed E-state index contributed by atoms with van der Waals surface area (Å²) >= 11 is 6.12. The smallest absolute Gasteiger partial charge is 0.245 e. The van der Waals surface area contributed by atoms with Crippen LogP contribution in [0, 0.1) is 6.92 Å². The molecular weight excluding hydrogens is 436 g/mol. The van der Waals surface area contributed by atoms with Crippen LogP contribution >= 0.6 is 11.6 Å². The first kappa shape index (κ1) is 22.7. The lowest BCUT2D eigenvalue weighted by Gasteiger charge is -2.24. The highest BCUT2D eigenvalue weighted by Gasteiger charge is 2.23. The van der Waals surface area contributed by atoms with Crippen molar-refractivity contribution in [2.75, 3.05) is 22.4 Å². The van der Waals surface area contributed by atoms with E-state index in [2.05, 4.69) is 5.32 Å². The summed E-state index contributed by atoms with van der Waals surface area (Å²) in [7, 11) is -3.69. The van der Waals surface area contributed by atoms with Gasteiger partial charge in [0.05, 0.1) is 11.9 Å². The van der Waals surface area contributed by atoms with Crippen molar-refractivity contribution in [1.29, 1.82) is 0 Å². The molecule has 3 aromatic rings. The van der Waals surface area contributed by atoms with Crippen LogP contribution in [0.15, 0.2) is 72.8 Å². The van der Waals surface area contributed by atoms with Crippen molar-refractivity contribution in [3.8, 4) is 5.75 Å². The first-order chi connectivity index (χ1) is 14.7. The van der Waals surface area contributed by atoms with Crippen LogP contribution in [0.5, 0.6) is 5.75 Å². The Morgan fingerprint density at radius 2 is 1.68 bits per heavy atom. The fourth-order valence-corrected chi connectivity index (χ4v) is 4.03.